The molecule has 0 spiro atoms. The molecule has 1 N–H and O–H groups in total. The Hall–Kier alpha value is -2.75. The van der Waals surface area contributed by atoms with Crippen LogP contribution in [0.25, 0.3) is 10.9 Å². The van der Waals surface area contributed by atoms with E-state index < -0.39 is 0 Å². The van der Waals surface area contributed by atoms with Gasteiger partial charge in [0, 0.05) is 17.3 Å². The number of aromatic nitrogens is 1. The topological polar surface area (TPSA) is 51.3 Å². The molecule has 0 saturated heterocycles. The quantitative estimate of drug-likeness (QED) is 0.745. The van der Waals surface area contributed by atoms with Crippen molar-refractivity contribution in [2.75, 3.05) is 14.2 Å². The number of H-pyrrole nitrogens is 1. The fourth-order valence-corrected chi connectivity index (χ4v) is 2.40. The van der Waals surface area contributed by atoms with Gasteiger partial charge in [-0.1, -0.05) is 6.07 Å². The average molecular weight is 281 g/mol. The summed E-state index contributed by atoms with van der Waals surface area (Å²) >= 11 is 0. The van der Waals surface area contributed by atoms with Crippen LogP contribution >= 0.6 is 0 Å². The molecular formula is C17H15NO3. The van der Waals surface area contributed by atoms with Crippen molar-refractivity contribution >= 4 is 16.7 Å². The summed E-state index contributed by atoms with van der Waals surface area (Å²) in [6, 6.07) is 12.7. The molecule has 0 amide bonds. The van der Waals surface area contributed by atoms with Crippen LogP contribution in [-0.2, 0) is 0 Å². The summed E-state index contributed by atoms with van der Waals surface area (Å²) in [6.45, 7) is 0. The van der Waals surface area contributed by atoms with E-state index in [0.717, 1.165) is 16.7 Å². The largest absolute Gasteiger partial charge is 0.497 e. The number of fused-ring (bicyclic) bond motifs is 1. The van der Waals surface area contributed by atoms with Crippen LogP contribution in [0.1, 0.15) is 15.9 Å². The molecule has 0 radical (unpaired) electrons. The number of hydrogen-bond acceptors (Lipinski definition) is 3. The summed E-state index contributed by atoms with van der Waals surface area (Å²) in [5.41, 5.74) is 2.10. The van der Waals surface area contributed by atoms with Gasteiger partial charge in [0.05, 0.1) is 25.2 Å². The van der Waals surface area contributed by atoms with Gasteiger partial charge in [0.15, 0.2) is 5.78 Å². The van der Waals surface area contributed by atoms with Gasteiger partial charge >= 0.3 is 0 Å². The zero-order valence-electron chi connectivity index (χ0n) is 11.8. The Kier molecular flexibility index (Phi) is 3.36. The molecule has 21 heavy (non-hydrogen) atoms. The zero-order chi connectivity index (χ0) is 14.8. The number of benzene rings is 2. The molecule has 106 valence electrons. The van der Waals surface area contributed by atoms with Crippen molar-refractivity contribution in [1.82, 2.24) is 4.98 Å². The van der Waals surface area contributed by atoms with E-state index >= 15 is 0 Å². The van der Waals surface area contributed by atoms with Crippen LogP contribution in [0.3, 0.4) is 0 Å². The van der Waals surface area contributed by atoms with E-state index in [0.29, 0.717) is 16.9 Å². The lowest BCUT2D eigenvalue weighted by Crippen LogP contribution is -2.01. The van der Waals surface area contributed by atoms with Crippen molar-refractivity contribution in [1.29, 1.82) is 0 Å². The molecule has 3 aromatic rings. The molecule has 0 aliphatic carbocycles. The Labute approximate surface area is 122 Å². The molecule has 4 heteroatoms. The summed E-state index contributed by atoms with van der Waals surface area (Å²) < 4.78 is 10.5. The van der Waals surface area contributed by atoms with E-state index in [-0.39, 0.29) is 5.78 Å². The molecular weight excluding hydrogens is 266 g/mol. The van der Waals surface area contributed by atoms with Crippen LogP contribution < -0.4 is 9.47 Å². The predicted molar refractivity (Wildman–Crippen MR) is 81.3 cm³/mol. The van der Waals surface area contributed by atoms with E-state index in [1.165, 1.54) is 0 Å². The second-order valence-electron chi connectivity index (χ2n) is 4.64. The van der Waals surface area contributed by atoms with Crippen molar-refractivity contribution in [3.8, 4) is 11.5 Å². The fraction of sp³-hybridized carbons (Fsp3) is 0.118. The third kappa shape index (κ3) is 2.25. The summed E-state index contributed by atoms with van der Waals surface area (Å²) in [7, 11) is 3.20. The molecule has 0 aliphatic rings. The van der Waals surface area contributed by atoms with Gasteiger partial charge in [-0.2, -0.15) is 0 Å². The van der Waals surface area contributed by atoms with Crippen molar-refractivity contribution in [3.63, 3.8) is 0 Å². The maximum absolute atomic E-state index is 12.7. The molecule has 2 aromatic carbocycles. The number of aromatic amines is 1. The Morgan fingerprint density at radius 2 is 1.76 bits per heavy atom. The first-order valence-corrected chi connectivity index (χ1v) is 6.57. The monoisotopic (exact) mass is 281 g/mol. The van der Waals surface area contributed by atoms with E-state index in [9.17, 15) is 4.79 Å². The Morgan fingerprint density at radius 1 is 1.00 bits per heavy atom. The number of hydrogen-bond donors (Lipinski definition) is 1. The molecule has 4 nitrogen and oxygen atoms in total. The molecule has 0 saturated carbocycles. The highest BCUT2D eigenvalue weighted by molar-refractivity contribution is 6.17. The van der Waals surface area contributed by atoms with Gasteiger partial charge in [-0.3, -0.25) is 4.79 Å². The average Bonchev–Trinajstić information content (AvgIpc) is 2.98. The van der Waals surface area contributed by atoms with E-state index in [1.807, 2.05) is 18.2 Å². The van der Waals surface area contributed by atoms with Crippen LogP contribution in [0.4, 0.5) is 0 Å². The van der Waals surface area contributed by atoms with Crippen LogP contribution in [0.5, 0.6) is 11.5 Å². The van der Waals surface area contributed by atoms with Gasteiger partial charge in [0.25, 0.3) is 0 Å². The molecule has 0 fully saturated rings. The molecule has 0 aliphatic heterocycles. The highest BCUT2D eigenvalue weighted by atomic mass is 16.5. The lowest BCUT2D eigenvalue weighted by atomic mass is 10.0. The highest BCUT2D eigenvalue weighted by Crippen LogP contribution is 2.30. The molecule has 0 bridgehead atoms. The van der Waals surface area contributed by atoms with Crippen LogP contribution in [0.15, 0.2) is 48.7 Å². The van der Waals surface area contributed by atoms with Gasteiger partial charge in [-0.15, -0.1) is 0 Å². The third-order valence-electron chi connectivity index (χ3n) is 3.48. The van der Waals surface area contributed by atoms with Gasteiger partial charge in [-0.05, 0) is 36.4 Å². The number of methoxy groups -OCH3 is 2. The van der Waals surface area contributed by atoms with Crippen molar-refractivity contribution in [3.05, 3.63) is 59.8 Å². The Morgan fingerprint density at radius 3 is 2.43 bits per heavy atom. The molecule has 3 rings (SSSR count). The molecule has 1 aromatic heterocycles. The number of ether oxygens (including phenoxy) is 2. The van der Waals surface area contributed by atoms with Crippen LogP contribution in [-0.4, -0.2) is 25.0 Å². The Balaban J connectivity index is 2.08. The smallest absolute Gasteiger partial charge is 0.195 e. The minimum atomic E-state index is -0.0478. The number of nitrogens with one attached hydrogen (secondary N) is 1. The van der Waals surface area contributed by atoms with Gasteiger partial charge in [-0.25, -0.2) is 0 Å². The van der Waals surface area contributed by atoms with Crippen molar-refractivity contribution < 1.29 is 14.3 Å². The maximum Gasteiger partial charge on any atom is 0.195 e. The Bertz CT molecular complexity index is 787. The second kappa shape index (κ2) is 5.32. The lowest BCUT2D eigenvalue weighted by Gasteiger charge is -2.05. The summed E-state index contributed by atoms with van der Waals surface area (Å²) in [4.78, 5) is 15.8. The second-order valence-corrected chi connectivity index (χ2v) is 4.64. The molecule has 0 unspecified atom stereocenters. The predicted octanol–water partition coefficient (Wildman–Crippen LogP) is 3.42. The molecule has 0 atom stereocenters. The summed E-state index contributed by atoms with van der Waals surface area (Å²) in [6.07, 6.45) is 1.72. The highest BCUT2D eigenvalue weighted by Gasteiger charge is 2.17. The fourth-order valence-electron chi connectivity index (χ4n) is 2.40. The van der Waals surface area contributed by atoms with Crippen LogP contribution in [0, 0.1) is 0 Å². The number of rotatable bonds is 4. The van der Waals surface area contributed by atoms with Crippen molar-refractivity contribution in [2.24, 2.45) is 0 Å². The van der Waals surface area contributed by atoms with Gasteiger partial charge in [0.2, 0.25) is 0 Å². The lowest BCUT2D eigenvalue weighted by molar-refractivity contribution is 0.104. The third-order valence-corrected chi connectivity index (χ3v) is 3.48. The normalized spacial score (nSPS) is 10.6. The number of carbonyl (C=O) groups is 1. The maximum atomic E-state index is 12.7. The first kappa shape index (κ1) is 13.2. The standard InChI is InChI=1S/C17H15NO3/c1-20-12-8-6-11(7-9-12)17(19)13-10-18-14-4-3-5-15(21-2)16(13)14/h3-10,18H,1-2H3. The summed E-state index contributed by atoms with van der Waals surface area (Å²) in [5.74, 6) is 1.36. The van der Waals surface area contributed by atoms with E-state index in [2.05, 4.69) is 4.98 Å². The number of ketones is 1. The van der Waals surface area contributed by atoms with Crippen LogP contribution in [0.2, 0.25) is 0 Å². The summed E-state index contributed by atoms with van der Waals surface area (Å²) in [5, 5.41) is 0.806. The number of carbonyl (C=O) groups excluding carboxylic acids is 1. The van der Waals surface area contributed by atoms with Gasteiger partial charge in [0.1, 0.15) is 11.5 Å². The zero-order valence-corrected chi connectivity index (χ0v) is 11.8. The van der Waals surface area contributed by atoms with E-state index in [4.69, 9.17) is 9.47 Å². The first-order chi connectivity index (χ1) is 10.2. The minimum Gasteiger partial charge on any atom is -0.497 e. The first-order valence-electron chi connectivity index (χ1n) is 6.57. The SMILES string of the molecule is COc1ccc(C(=O)c2c[nH]c3cccc(OC)c23)cc1. The minimum absolute atomic E-state index is 0.0478. The van der Waals surface area contributed by atoms with Gasteiger partial charge < -0.3 is 14.5 Å². The molecule has 1 heterocycles. The van der Waals surface area contributed by atoms with Crippen molar-refractivity contribution in [2.45, 2.75) is 0 Å². The van der Waals surface area contributed by atoms with E-state index in [1.54, 1.807) is 44.7 Å².